The number of amides is 1. The predicted octanol–water partition coefficient (Wildman–Crippen LogP) is 3.67. The zero-order chi connectivity index (χ0) is 19.2. The van der Waals surface area contributed by atoms with E-state index in [1.807, 2.05) is 20.8 Å². The lowest BCUT2D eigenvalue weighted by atomic mass is 9.80. The van der Waals surface area contributed by atoms with Crippen LogP contribution in [0.4, 0.5) is 10.6 Å². The second kappa shape index (κ2) is 6.69. The number of H-pyrrole nitrogens is 1. The van der Waals surface area contributed by atoms with E-state index in [2.05, 4.69) is 33.0 Å². The Morgan fingerprint density at radius 2 is 2.04 bits per heavy atom. The van der Waals surface area contributed by atoms with E-state index in [4.69, 9.17) is 4.74 Å². The highest BCUT2D eigenvalue weighted by Gasteiger charge is 2.33. The van der Waals surface area contributed by atoms with Crippen LogP contribution in [0.2, 0.25) is 0 Å². The number of nitrogens with zero attached hydrogens (tertiary/aromatic N) is 4. The molecule has 0 aromatic carbocycles. The van der Waals surface area contributed by atoms with Crippen molar-refractivity contribution in [2.24, 2.45) is 0 Å². The van der Waals surface area contributed by atoms with Crippen molar-refractivity contribution in [3.05, 3.63) is 18.1 Å². The number of nitrogens with one attached hydrogen (secondary N) is 1. The van der Waals surface area contributed by atoms with E-state index in [-0.39, 0.29) is 12.1 Å². The zero-order valence-corrected chi connectivity index (χ0v) is 16.7. The van der Waals surface area contributed by atoms with Gasteiger partial charge in [-0.25, -0.2) is 14.8 Å². The summed E-state index contributed by atoms with van der Waals surface area (Å²) >= 11 is 0. The van der Waals surface area contributed by atoms with Gasteiger partial charge in [0.25, 0.3) is 0 Å². The van der Waals surface area contributed by atoms with Gasteiger partial charge in [0.05, 0.1) is 5.39 Å². The third kappa shape index (κ3) is 3.47. The summed E-state index contributed by atoms with van der Waals surface area (Å²) in [7, 11) is 0. The molecule has 1 aliphatic carbocycles. The van der Waals surface area contributed by atoms with E-state index in [1.54, 1.807) is 11.2 Å². The van der Waals surface area contributed by atoms with Gasteiger partial charge in [0.2, 0.25) is 0 Å². The van der Waals surface area contributed by atoms with Crippen molar-refractivity contribution in [1.29, 1.82) is 0 Å². The fourth-order valence-electron chi connectivity index (χ4n) is 3.99. The number of fused-ring (bicyclic) bond motifs is 1. The van der Waals surface area contributed by atoms with Gasteiger partial charge in [-0.2, -0.15) is 0 Å². The highest BCUT2D eigenvalue weighted by molar-refractivity contribution is 5.91. The van der Waals surface area contributed by atoms with Gasteiger partial charge in [-0.3, -0.25) is 0 Å². The number of rotatable bonds is 2. The minimum Gasteiger partial charge on any atom is -0.444 e. The molecule has 1 N–H and O–H groups in total. The number of hydrogen-bond acceptors (Lipinski definition) is 5. The fourth-order valence-corrected chi connectivity index (χ4v) is 3.99. The summed E-state index contributed by atoms with van der Waals surface area (Å²) in [5.74, 6) is 1.60. The average molecular weight is 371 g/mol. The zero-order valence-electron chi connectivity index (χ0n) is 16.7. The van der Waals surface area contributed by atoms with Crippen LogP contribution >= 0.6 is 0 Å². The maximum absolute atomic E-state index is 12.4. The van der Waals surface area contributed by atoms with E-state index in [0.717, 1.165) is 23.4 Å². The fraction of sp³-hybridized carbons (Fsp3) is 0.650. The molecule has 2 aliphatic rings. The summed E-state index contributed by atoms with van der Waals surface area (Å²) in [5, 5.41) is 1.15. The van der Waals surface area contributed by atoms with Crippen LogP contribution < -0.4 is 4.90 Å². The Labute approximate surface area is 160 Å². The first-order chi connectivity index (χ1) is 12.8. The van der Waals surface area contributed by atoms with Gasteiger partial charge < -0.3 is 19.5 Å². The highest BCUT2D eigenvalue weighted by atomic mass is 16.6. The van der Waals surface area contributed by atoms with Crippen LogP contribution in [0.1, 0.15) is 58.4 Å². The Morgan fingerprint density at radius 1 is 1.26 bits per heavy atom. The maximum atomic E-state index is 12.4. The summed E-state index contributed by atoms with van der Waals surface area (Å²) in [5.41, 5.74) is 1.77. The molecule has 1 amide bonds. The standard InChI is InChI=1S/C20H29N5O2/c1-13-11-24(19(26)27-20(2,3)4)8-9-25(13)18-16-15(14-6-5-7-14)10-21-17(16)22-12-23-18/h10,12-14H,5-9,11H2,1-4H3,(H,21,22,23)/t13-/m0/s1. The van der Waals surface area contributed by atoms with Gasteiger partial charge in [-0.05, 0) is 52.0 Å². The van der Waals surface area contributed by atoms with Gasteiger partial charge >= 0.3 is 6.09 Å². The summed E-state index contributed by atoms with van der Waals surface area (Å²) < 4.78 is 5.53. The van der Waals surface area contributed by atoms with Gasteiger partial charge in [0.1, 0.15) is 23.4 Å². The molecule has 2 aromatic rings. The monoisotopic (exact) mass is 371 g/mol. The number of hydrogen-bond donors (Lipinski definition) is 1. The summed E-state index contributed by atoms with van der Waals surface area (Å²) in [6.07, 6.45) is 7.27. The molecule has 1 saturated heterocycles. The lowest BCUT2D eigenvalue weighted by Crippen LogP contribution is -2.54. The number of anilines is 1. The number of piperazine rings is 1. The third-order valence-corrected chi connectivity index (χ3v) is 5.58. The first kappa shape index (κ1) is 18.1. The van der Waals surface area contributed by atoms with Gasteiger partial charge in [0, 0.05) is 31.9 Å². The molecule has 7 nitrogen and oxygen atoms in total. The van der Waals surface area contributed by atoms with Crippen LogP contribution in [-0.4, -0.2) is 57.2 Å². The van der Waals surface area contributed by atoms with E-state index in [0.29, 0.717) is 19.0 Å². The number of carbonyl (C=O) groups excluding carboxylic acids is 1. The van der Waals surface area contributed by atoms with Crippen LogP contribution in [-0.2, 0) is 4.74 Å². The van der Waals surface area contributed by atoms with E-state index < -0.39 is 5.60 Å². The Balaban J connectivity index is 1.56. The van der Waals surface area contributed by atoms with Crippen molar-refractivity contribution < 1.29 is 9.53 Å². The second-order valence-electron chi connectivity index (χ2n) is 8.76. The van der Waals surface area contributed by atoms with Crippen molar-refractivity contribution in [2.75, 3.05) is 24.5 Å². The molecule has 3 heterocycles. The number of carbonyl (C=O) groups is 1. The Kier molecular flexibility index (Phi) is 4.48. The van der Waals surface area contributed by atoms with Gasteiger partial charge in [-0.1, -0.05) is 6.42 Å². The van der Waals surface area contributed by atoms with Crippen molar-refractivity contribution >= 4 is 22.9 Å². The van der Waals surface area contributed by atoms with Gasteiger partial charge in [-0.15, -0.1) is 0 Å². The summed E-state index contributed by atoms with van der Waals surface area (Å²) in [6, 6.07) is 0.161. The highest BCUT2D eigenvalue weighted by Crippen LogP contribution is 2.42. The van der Waals surface area contributed by atoms with Crippen molar-refractivity contribution in [3.63, 3.8) is 0 Å². The van der Waals surface area contributed by atoms with Crippen LogP contribution in [0.15, 0.2) is 12.5 Å². The van der Waals surface area contributed by atoms with E-state index >= 15 is 0 Å². The number of aromatic amines is 1. The lowest BCUT2D eigenvalue weighted by Gasteiger charge is -2.41. The topological polar surface area (TPSA) is 74.3 Å². The molecule has 2 aromatic heterocycles. The van der Waals surface area contributed by atoms with Gasteiger partial charge in [0.15, 0.2) is 0 Å². The number of ether oxygens (including phenoxy) is 1. The molecule has 27 heavy (non-hydrogen) atoms. The quantitative estimate of drug-likeness (QED) is 0.872. The molecule has 1 atom stereocenters. The third-order valence-electron chi connectivity index (χ3n) is 5.58. The SMILES string of the molecule is C[C@H]1CN(C(=O)OC(C)(C)C)CCN1c1ncnc2[nH]cc(C3CCC3)c12. The van der Waals surface area contributed by atoms with Crippen molar-refractivity contribution in [3.8, 4) is 0 Å². The van der Waals surface area contributed by atoms with E-state index in [1.165, 1.54) is 24.8 Å². The lowest BCUT2D eigenvalue weighted by molar-refractivity contribution is 0.0218. The Hall–Kier alpha value is -2.31. The molecule has 1 saturated carbocycles. The van der Waals surface area contributed by atoms with Crippen molar-refractivity contribution in [1.82, 2.24) is 19.9 Å². The Bertz CT molecular complexity index is 836. The molecular weight excluding hydrogens is 342 g/mol. The number of aromatic nitrogens is 3. The normalized spacial score (nSPS) is 21.4. The molecular formula is C20H29N5O2. The molecule has 2 fully saturated rings. The van der Waals surface area contributed by atoms with Crippen LogP contribution in [0.25, 0.3) is 11.0 Å². The second-order valence-corrected chi connectivity index (χ2v) is 8.76. The predicted molar refractivity (Wildman–Crippen MR) is 105 cm³/mol. The van der Waals surface area contributed by atoms with Crippen LogP contribution in [0, 0.1) is 0 Å². The van der Waals surface area contributed by atoms with Crippen molar-refractivity contribution in [2.45, 2.75) is 64.5 Å². The summed E-state index contributed by atoms with van der Waals surface area (Å²) in [4.78, 5) is 28.9. The molecule has 0 radical (unpaired) electrons. The first-order valence-corrected chi connectivity index (χ1v) is 9.90. The Morgan fingerprint density at radius 3 is 2.67 bits per heavy atom. The minimum absolute atomic E-state index is 0.161. The maximum Gasteiger partial charge on any atom is 0.410 e. The minimum atomic E-state index is -0.473. The van der Waals surface area contributed by atoms with E-state index in [9.17, 15) is 4.79 Å². The first-order valence-electron chi connectivity index (χ1n) is 9.90. The largest absolute Gasteiger partial charge is 0.444 e. The molecule has 1 aliphatic heterocycles. The molecule has 4 rings (SSSR count). The molecule has 0 unspecified atom stereocenters. The molecule has 7 heteroatoms. The molecule has 0 spiro atoms. The van der Waals surface area contributed by atoms with Crippen LogP contribution in [0.3, 0.4) is 0 Å². The smallest absolute Gasteiger partial charge is 0.410 e. The molecule has 0 bridgehead atoms. The van der Waals surface area contributed by atoms with Crippen LogP contribution in [0.5, 0.6) is 0 Å². The summed E-state index contributed by atoms with van der Waals surface area (Å²) in [6.45, 7) is 9.84. The molecule has 146 valence electrons. The average Bonchev–Trinajstić information content (AvgIpc) is 2.96.